The van der Waals surface area contributed by atoms with Crippen molar-refractivity contribution in [2.45, 2.75) is 24.1 Å². The molecule has 6 nitrogen and oxygen atoms in total. The van der Waals surface area contributed by atoms with E-state index >= 15 is 0 Å². The van der Waals surface area contributed by atoms with E-state index in [0.717, 1.165) is 27.6 Å². The van der Waals surface area contributed by atoms with Crippen LogP contribution in [0, 0.1) is 6.92 Å². The zero-order valence-corrected chi connectivity index (χ0v) is 15.1. The van der Waals surface area contributed by atoms with Crippen LogP contribution in [-0.4, -0.2) is 24.9 Å². The van der Waals surface area contributed by atoms with Gasteiger partial charge < -0.3 is 9.40 Å². The summed E-state index contributed by atoms with van der Waals surface area (Å²) < 4.78 is 6.02. The van der Waals surface area contributed by atoms with E-state index in [4.69, 9.17) is 16.0 Å². The predicted octanol–water partition coefficient (Wildman–Crippen LogP) is 4.82. The molecule has 1 N–H and O–H groups in total. The van der Waals surface area contributed by atoms with Gasteiger partial charge in [0, 0.05) is 10.6 Å². The van der Waals surface area contributed by atoms with Crippen LogP contribution in [0.25, 0.3) is 22.5 Å². The Kier molecular flexibility index (Phi) is 4.19. The number of imidazole rings is 1. The molecule has 8 heteroatoms. The van der Waals surface area contributed by atoms with Crippen molar-refractivity contribution in [3.05, 3.63) is 53.5 Å². The zero-order chi connectivity index (χ0) is 17.4. The van der Waals surface area contributed by atoms with Crippen molar-refractivity contribution in [1.29, 1.82) is 0 Å². The van der Waals surface area contributed by atoms with Gasteiger partial charge in [0.1, 0.15) is 16.9 Å². The second-order valence-corrected chi connectivity index (χ2v) is 7.28. The molecule has 0 aliphatic carbocycles. The van der Waals surface area contributed by atoms with Gasteiger partial charge in [-0.1, -0.05) is 23.4 Å². The van der Waals surface area contributed by atoms with E-state index in [0.29, 0.717) is 16.6 Å². The number of oxazole rings is 1. The SMILES string of the molecule is Cc1nc(C(C)Sc2ncnc3nc[nH]c23)oc1-c1ccc(Cl)cc1. The van der Waals surface area contributed by atoms with Crippen LogP contribution in [0.3, 0.4) is 0 Å². The second kappa shape index (κ2) is 6.50. The van der Waals surface area contributed by atoms with Gasteiger partial charge in [-0.05, 0) is 38.1 Å². The minimum Gasteiger partial charge on any atom is -0.439 e. The fourth-order valence-electron chi connectivity index (χ4n) is 2.51. The summed E-state index contributed by atoms with van der Waals surface area (Å²) in [5.41, 5.74) is 3.27. The van der Waals surface area contributed by atoms with Crippen molar-refractivity contribution in [3.63, 3.8) is 0 Å². The Labute approximate surface area is 153 Å². The van der Waals surface area contributed by atoms with Crippen molar-refractivity contribution in [3.8, 4) is 11.3 Å². The van der Waals surface area contributed by atoms with E-state index in [1.54, 1.807) is 18.1 Å². The quantitative estimate of drug-likeness (QED) is 0.409. The number of aryl methyl sites for hydroxylation is 1. The van der Waals surface area contributed by atoms with Crippen LogP contribution in [0.15, 0.2) is 46.4 Å². The van der Waals surface area contributed by atoms with Crippen LogP contribution in [-0.2, 0) is 0 Å². The highest BCUT2D eigenvalue weighted by Crippen LogP contribution is 2.37. The molecule has 0 amide bonds. The van der Waals surface area contributed by atoms with Crippen LogP contribution in [0.1, 0.15) is 23.8 Å². The maximum Gasteiger partial charge on any atom is 0.208 e. The Morgan fingerprint density at radius 3 is 2.76 bits per heavy atom. The molecule has 0 saturated carbocycles. The Morgan fingerprint density at radius 1 is 1.16 bits per heavy atom. The number of aromatic nitrogens is 5. The number of halogens is 1. The maximum absolute atomic E-state index is 6.02. The number of aromatic amines is 1. The second-order valence-electron chi connectivity index (χ2n) is 5.51. The van der Waals surface area contributed by atoms with Gasteiger partial charge in [0.25, 0.3) is 0 Å². The molecule has 1 unspecified atom stereocenters. The number of H-pyrrole nitrogens is 1. The Bertz CT molecular complexity index is 1030. The van der Waals surface area contributed by atoms with Crippen LogP contribution in [0.2, 0.25) is 5.02 Å². The first-order valence-corrected chi connectivity index (χ1v) is 8.91. The first-order valence-electron chi connectivity index (χ1n) is 7.66. The highest BCUT2D eigenvalue weighted by molar-refractivity contribution is 7.99. The lowest BCUT2D eigenvalue weighted by molar-refractivity contribution is 0.510. The average Bonchev–Trinajstić information content (AvgIpc) is 3.23. The number of fused-ring (bicyclic) bond motifs is 1. The van der Waals surface area contributed by atoms with E-state index < -0.39 is 0 Å². The van der Waals surface area contributed by atoms with Gasteiger partial charge in [-0.3, -0.25) is 0 Å². The van der Waals surface area contributed by atoms with E-state index in [1.165, 1.54) is 6.33 Å². The molecule has 0 radical (unpaired) electrons. The molecule has 0 fully saturated rings. The predicted molar refractivity (Wildman–Crippen MR) is 97.6 cm³/mol. The lowest BCUT2D eigenvalue weighted by Crippen LogP contribution is -1.92. The summed E-state index contributed by atoms with van der Waals surface area (Å²) in [7, 11) is 0. The third-order valence-electron chi connectivity index (χ3n) is 3.74. The summed E-state index contributed by atoms with van der Waals surface area (Å²) in [6, 6.07) is 7.53. The minimum atomic E-state index is -0.0128. The number of thioether (sulfide) groups is 1. The van der Waals surface area contributed by atoms with E-state index in [-0.39, 0.29) is 5.25 Å². The van der Waals surface area contributed by atoms with Crippen molar-refractivity contribution < 1.29 is 4.42 Å². The zero-order valence-electron chi connectivity index (χ0n) is 13.5. The Morgan fingerprint density at radius 2 is 1.96 bits per heavy atom. The molecular weight excluding hydrogens is 358 g/mol. The molecule has 1 aromatic carbocycles. The maximum atomic E-state index is 6.02. The highest BCUT2D eigenvalue weighted by atomic mass is 35.5. The molecule has 4 aromatic rings. The molecule has 0 aliphatic rings. The summed E-state index contributed by atoms with van der Waals surface area (Å²) in [5.74, 6) is 1.41. The lowest BCUT2D eigenvalue weighted by Gasteiger charge is -2.06. The third-order valence-corrected chi connectivity index (χ3v) is 5.08. The van der Waals surface area contributed by atoms with Crippen molar-refractivity contribution >= 4 is 34.5 Å². The molecule has 0 bridgehead atoms. The first-order chi connectivity index (χ1) is 12.1. The number of nitrogens with zero attached hydrogens (tertiary/aromatic N) is 4. The number of rotatable bonds is 4. The van der Waals surface area contributed by atoms with Crippen LogP contribution in [0.4, 0.5) is 0 Å². The molecule has 25 heavy (non-hydrogen) atoms. The van der Waals surface area contributed by atoms with Gasteiger partial charge in [0.15, 0.2) is 11.4 Å². The summed E-state index contributed by atoms with van der Waals surface area (Å²) in [6.45, 7) is 3.97. The van der Waals surface area contributed by atoms with Gasteiger partial charge in [-0.15, -0.1) is 0 Å². The van der Waals surface area contributed by atoms with Crippen molar-refractivity contribution in [2.75, 3.05) is 0 Å². The summed E-state index contributed by atoms with van der Waals surface area (Å²) >= 11 is 7.50. The van der Waals surface area contributed by atoms with Crippen LogP contribution >= 0.6 is 23.4 Å². The standard InChI is InChI=1S/C17H14ClN5OS/c1-9-14(11-3-5-12(18)6-4-11)24-16(23-9)10(2)25-17-13-15(20-7-19-13)21-8-22-17/h3-8,10H,1-2H3,(H,19,20,21,22). The Hall–Kier alpha value is -2.38. The number of nitrogens with one attached hydrogen (secondary N) is 1. The minimum absolute atomic E-state index is 0.0128. The van der Waals surface area contributed by atoms with Gasteiger partial charge in [0.2, 0.25) is 5.89 Å². The lowest BCUT2D eigenvalue weighted by atomic mass is 10.1. The molecule has 3 aromatic heterocycles. The first kappa shape index (κ1) is 16.1. The number of hydrogen-bond donors (Lipinski definition) is 1. The van der Waals surface area contributed by atoms with E-state index in [9.17, 15) is 0 Å². The van der Waals surface area contributed by atoms with Gasteiger partial charge >= 0.3 is 0 Å². The van der Waals surface area contributed by atoms with Gasteiger partial charge in [0.05, 0.1) is 17.3 Å². The molecular formula is C17H14ClN5OS. The van der Waals surface area contributed by atoms with Gasteiger partial charge in [-0.2, -0.15) is 0 Å². The van der Waals surface area contributed by atoms with Crippen LogP contribution in [0.5, 0.6) is 0 Å². The average molecular weight is 372 g/mol. The number of hydrogen-bond acceptors (Lipinski definition) is 6. The largest absolute Gasteiger partial charge is 0.439 e. The molecule has 126 valence electrons. The monoisotopic (exact) mass is 371 g/mol. The molecule has 0 aliphatic heterocycles. The van der Waals surface area contributed by atoms with E-state index in [2.05, 4.69) is 24.9 Å². The summed E-state index contributed by atoms with van der Waals surface area (Å²) in [5, 5.41) is 1.50. The topological polar surface area (TPSA) is 80.5 Å². The molecule has 1 atom stereocenters. The molecule has 0 spiro atoms. The van der Waals surface area contributed by atoms with Gasteiger partial charge in [-0.25, -0.2) is 19.9 Å². The smallest absolute Gasteiger partial charge is 0.208 e. The number of benzene rings is 1. The fraction of sp³-hybridized carbons (Fsp3) is 0.176. The highest BCUT2D eigenvalue weighted by Gasteiger charge is 2.20. The molecule has 4 rings (SSSR count). The van der Waals surface area contributed by atoms with E-state index in [1.807, 2.05) is 38.1 Å². The fourth-order valence-corrected chi connectivity index (χ4v) is 3.55. The van der Waals surface area contributed by atoms with Crippen molar-refractivity contribution in [1.82, 2.24) is 24.9 Å². The Balaban J connectivity index is 1.62. The summed E-state index contributed by atoms with van der Waals surface area (Å²) in [4.78, 5) is 20.3. The summed E-state index contributed by atoms with van der Waals surface area (Å²) in [6.07, 6.45) is 3.13. The third kappa shape index (κ3) is 3.12. The normalized spacial score (nSPS) is 12.6. The van der Waals surface area contributed by atoms with Crippen LogP contribution < -0.4 is 0 Å². The van der Waals surface area contributed by atoms with Crippen molar-refractivity contribution in [2.24, 2.45) is 0 Å². The molecule has 3 heterocycles. The molecule has 0 saturated heterocycles.